The van der Waals surface area contributed by atoms with Crippen LogP contribution in [0, 0.1) is 5.41 Å². The molecule has 2 aliphatic carbocycles. The maximum absolute atomic E-state index is 12.0. The van der Waals surface area contributed by atoms with E-state index in [1.165, 1.54) is 6.20 Å². The number of allylic oxidation sites excluding steroid dienone is 3. The fraction of sp³-hybridized carbons (Fsp3) is 0.467. The Kier molecular flexibility index (Phi) is 3.71. The summed E-state index contributed by atoms with van der Waals surface area (Å²) in [7, 11) is 0. The van der Waals surface area contributed by atoms with E-state index in [4.69, 9.17) is 5.73 Å². The summed E-state index contributed by atoms with van der Waals surface area (Å²) < 4.78 is 0. The second-order valence-corrected chi connectivity index (χ2v) is 5.96. The molecule has 19 heavy (non-hydrogen) atoms. The number of nitrogens with two attached hydrogens (primary N) is 1. The Labute approximate surface area is 113 Å². The molecule has 0 aromatic rings. The van der Waals surface area contributed by atoms with E-state index >= 15 is 0 Å². The zero-order valence-electron chi connectivity index (χ0n) is 11.4. The lowest BCUT2D eigenvalue weighted by molar-refractivity contribution is -0.127. The molecule has 0 aromatic carbocycles. The van der Waals surface area contributed by atoms with E-state index in [0.717, 1.165) is 12.1 Å². The summed E-state index contributed by atoms with van der Waals surface area (Å²) in [5, 5.41) is 3.01. The minimum atomic E-state index is -0.227. The topological polar surface area (TPSA) is 72.2 Å². The number of hydrogen-bond acceptors (Lipinski definition) is 4. The number of nitrogens with one attached hydrogen (secondary N) is 1. The molecule has 1 atom stereocenters. The van der Waals surface area contributed by atoms with Crippen LogP contribution >= 0.6 is 0 Å². The Hall–Kier alpha value is -1.68. The standard InChI is InChI=1S/C15H20N2O2/c1-15(2)7-13(18)10(14(19)8-15)9-17-12-6-4-3-5-11(12)16/h3-4,6,9,11,17H,5,7-8,16H2,1-2H3. The normalized spacial score (nSPS) is 26.2. The van der Waals surface area contributed by atoms with Crippen molar-refractivity contribution in [3.05, 3.63) is 35.7 Å². The lowest BCUT2D eigenvalue weighted by Gasteiger charge is -2.28. The monoisotopic (exact) mass is 260 g/mol. The molecule has 0 amide bonds. The minimum absolute atomic E-state index is 0.0886. The third-order valence-electron chi connectivity index (χ3n) is 3.46. The van der Waals surface area contributed by atoms with Crippen LogP contribution in [0.25, 0.3) is 0 Å². The molecule has 0 saturated heterocycles. The van der Waals surface area contributed by atoms with Gasteiger partial charge in [-0.15, -0.1) is 0 Å². The molecule has 0 bridgehead atoms. The highest BCUT2D eigenvalue weighted by Crippen LogP contribution is 2.33. The van der Waals surface area contributed by atoms with E-state index in [0.29, 0.717) is 12.8 Å². The van der Waals surface area contributed by atoms with Crippen LogP contribution in [0.15, 0.2) is 35.7 Å². The lowest BCUT2D eigenvalue weighted by Crippen LogP contribution is -2.34. The first-order chi connectivity index (χ1) is 8.89. The van der Waals surface area contributed by atoms with Crippen LogP contribution in [0.1, 0.15) is 33.1 Å². The summed E-state index contributed by atoms with van der Waals surface area (Å²) in [5.41, 5.74) is 6.80. The van der Waals surface area contributed by atoms with Crippen LogP contribution in [0.4, 0.5) is 0 Å². The van der Waals surface area contributed by atoms with Crippen molar-refractivity contribution < 1.29 is 9.59 Å². The molecule has 3 N–H and O–H groups in total. The number of carbonyl (C=O) groups excluding carboxylic acids is 2. The van der Waals surface area contributed by atoms with E-state index in [1.807, 2.05) is 32.1 Å². The molecule has 0 aliphatic heterocycles. The number of hydrogen-bond donors (Lipinski definition) is 2. The molecule has 0 spiro atoms. The van der Waals surface area contributed by atoms with Gasteiger partial charge in [-0.1, -0.05) is 26.0 Å². The van der Waals surface area contributed by atoms with Crippen LogP contribution in [-0.2, 0) is 9.59 Å². The van der Waals surface area contributed by atoms with Crippen molar-refractivity contribution in [1.29, 1.82) is 0 Å². The Balaban J connectivity index is 2.11. The first kappa shape index (κ1) is 13.7. The van der Waals surface area contributed by atoms with Gasteiger partial charge in [0.1, 0.15) is 0 Å². The van der Waals surface area contributed by atoms with Crippen molar-refractivity contribution in [2.75, 3.05) is 0 Å². The SMILES string of the molecule is CC1(C)CC(=O)C(=CNC2=CC=CCC2N)C(=O)C1. The Morgan fingerprint density at radius 3 is 2.53 bits per heavy atom. The lowest BCUT2D eigenvalue weighted by atomic mass is 9.74. The summed E-state index contributed by atoms with van der Waals surface area (Å²) in [5.74, 6) is -0.177. The van der Waals surface area contributed by atoms with Gasteiger partial charge in [0.05, 0.1) is 5.57 Å². The van der Waals surface area contributed by atoms with Crippen LogP contribution in [0.3, 0.4) is 0 Å². The third-order valence-corrected chi connectivity index (χ3v) is 3.46. The molecule has 0 radical (unpaired) electrons. The van der Waals surface area contributed by atoms with Gasteiger partial charge in [-0.25, -0.2) is 0 Å². The van der Waals surface area contributed by atoms with Gasteiger partial charge in [-0.2, -0.15) is 0 Å². The van der Waals surface area contributed by atoms with E-state index in [1.54, 1.807) is 0 Å². The molecule has 1 unspecified atom stereocenters. The highest BCUT2D eigenvalue weighted by atomic mass is 16.1. The van der Waals surface area contributed by atoms with E-state index in [-0.39, 0.29) is 28.6 Å². The van der Waals surface area contributed by atoms with Crippen LogP contribution in [0.2, 0.25) is 0 Å². The fourth-order valence-electron chi connectivity index (χ4n) is 2.40. The molecule has 4 nitrogen and oxygen atoms in total. The highest BCUT2D eigenvalue weighted by molar-refractivity contribution is 6.22. The van der Waals surface area contributed by atoms with Crippen LogP contribution < -0.4 is 11.1 Å². The first-order valence-corrected chi connectivity index (χ1v) is 6.54. The summed E-state index contributed by atoms with van der Waals surface area (Å²) in [4.78, 5) is 24.0. The Morgan fingerprint density at radius 2 is 1.95 bits per heavy atom. The molecular formula is C15H20N2O2. The quantitative estimate of drug-likeness (QED) is 0.584. The average molecular weight is 260 g/mol. The van der Waals surface area contributed by atoms with Gasteiger partial charge in [-0.05, 0) is 17.9 Å². The fourth-order valence-corrected chi connectivity index (χ4v) is 2.40. The Bertz CT molecular complexity index is 476. The second kappa shape index (κ2) is 5.13. The zero-order valence-corrected chi connectivity index (χ0v) is 11.4. The van der Waals surface area contributed by atoms with E-state index in [9.17, 15) is 9.59 Å². The van der Waals surface area contributed by atoms with Crippen molar-refractivity contribution in [1.82, 2.24) is 5.32 Å². The first-order valence-electron chi connectivity index (χ1n) is 6.54. The summed E-state index contributed by atoms with van der Waals surface area (Å²) in [6.07, 6.45) is 8.88. The summed E-state index contributed by atoms with van der Waals surface area (Å²) in [6.45, 7) is 3.88. The molecule has 0 aromatic heterocycles. The average Bonchev–Trinajstić information content (AvgIpc) is 2.28. The summed E-state index contributed by atoms with van der Waals surface area (Å²) >= 11 is 0. The number of Topliss-reactive ketones (excluding diaryl/α,β-unsaturated/α-hetero) is 2. The minimum Gasteiger partial charge on any atom is -0.363 e. The van der Waals surface area contributed by atoms with Crippen molar-refractivity contribution in [2.24, 2.45) is 11.1 Å². The Morgan fingerprint density at radius 1 is 1.32 bits per heavy atom. The number of rotatable bonds is 2. The van der Waals surface area contributed by atoms with E-state index in [2.05, 4.69) is 5.32 Å². The van der Waals surface area contributed by atoms with Gasteiger partial charge in [-0.3, -0.25) is 9.59 Å². The molecule has 2 aliphatic rings. The van der Waals surface area contributed by atoms with Gasteiger partial charge in [0.15, 0.2) is 11.6 Å². The molecule has 1 saturated carbocycles. The van der Waals surface area contributed by atoms with Gasteiger partial charge >= 0.3 is 0 Å². The number of ketones is 2. The molecule has 2 rings (SSSR count). The van der Waals surface area contributed by atoms with Crippen molar-refractivity contribution in [3.63, 3.8) is 0 Å². The molecule has 4 heteroatoms. The molecule has 1 fully saturated rings. The number of carbonyl (C=O) groups is 2. The van der Waals surface area contributed by atoms with Gasteiger partial charge < -0.3 is 11.1 Å². The van der Waals surface area contributed by atoms with E-state index < -0.39 is 0 Å². The van der Waals surface area contributed by atoms with Crippen molar-refractivity contribution >= 4 is 11.6 Å². The predicted octanol–water partition coefficient (Wildman–Crippen LogP) is 1.59. The van der Waals surface area contributed by atoms with Gasteiger partial charge in [0.25, 0.3) is 0 Å². The largest absolute Gasteiger partial charge is 0.363 e. The second-order valence-electron chi connectivity index (χ2n) is 5.96. The maximum atomic E-state index is 12.0. The smallest absolute Gasteiger partial charge is 0.168 e. The highest BCUT2D eigenvalue weighted by Gasteiger charge is 2.35. The van der Waals surface area contributed by atoms with Crippen LogP contribution in [0.5, 0.6) is 0 Å². The molecule has 0 heterocycles. The maximum Gasteiger partial charge on any atom is 0.168 e. The predicted molar refractivity (Wildman–Crippen MR) is 74.1 cm³/mol. The molecule has 102 valence electrons. The van der Waals surface area contributed by atoms with Crippen molar-refractivity contribution in [3.8, 4) is 0 Å². The van der Waals surface area contributed by atoms with Crippen LogP contribution in [-0.4, -0.2) is 17.6 Å². The van der Waals surface area contributed by atoms with Crippen molar-refractivity contribution in [2.45, 2.75) is 39.2 Å². The summed E-state index contributed by atoms with van der Waals surface area (Å²) in [6, 6.07) is -0.105. The third kappa shape index (κ3) is 3.20. The zero-order chi connectivity index (χ0) is 14.0. The van der Waals surface area contributed by atoms with Gasteiger partial charge in [0, 0.05) is 30.8 Å². The van der Waals surface area contributed by atoms with Gasteiger partial charge in [0.2, 0.25) is 0 Å². The molecular weight excluding hydrogens is 240 g/mol.